The average molecular weight is 190 g/mol. The molecule has 0 aromatic carbocycles. The van der Waals surface area contributed by atoms with E-state index in [4.69, 9.17) is 0 Å². The number of nitrogens with zero attached hydrogens (tertiary/aromatic N) is 2. The molecule has 3 heteroatoms. The summed E-state index contributed by atoms with van der Waals surface area (Å²) in [6, 6.07) is 0. The molecule has 0 N–H and O–H groups in total. The van der Waals surface area contributed by atoms with Crippen LogP contribution in [0.25, 0.3) is 0 Å². The first-order valence-corrected chi connectivity index (χ1v) is 1.93. The molecular weight excluding hydrogens is 184 g/mol. The molecule has 43 valence electrons. The monoisotopic (exact) mass is 189 g/mol. The van der Waals surface area contributed by atoms with Crippen LogP contribution in [-0.4, -0.2) is 18.6 Å². The Labute approximate surface area is 58.3 Å². The minimum absolute atomic E-state index is 0. The van der Waals surface area contributed by atoms with Gasteiger partial charge in [0.05, 0.1) is 6.54 Å². The molecule has 7 heavy (non-hydrogen) atoms. The van der Waals surface area contributed by atoms with Gasteiger partial charge < -0.3 is 0 Å². The molecule has 0 spiro atoms. The fraction of sp³-hybridized carbons (Fsp3) is 0.500. The van der Waals surface area contributed by atoms with Crippen molar-refractivity contribution in [2.75, 3.05) is 6.54 Å². The van der Waals surface area contributed by atoms with Crippen LogP contribution in [0.1, 0.15) is 6.92 Å². The van der Waals surface area contributed by atoms with Gasteiger partial charge >= 0.3 is 0 Å². The summed E-state index contributed by atoms with van der Waals surface area (Å²) in [4.78, 5) is 7.79. The quantitative estimate of drug-likeness (QED) is 0.496. The normalized spacial score (nSPS) is 15.9. The van der Waals surface area contributed by atoms with Gasteiger partial charge in [-0.1, -0.05) is 0 Å². The molecule has 2 nitrogen and oxygen atoms in total. The first-order chi connectivity index (χ1) is 2.89. The molecule has 0 saturated carbocycles. The smallest absolute Gasteiger partial charge is 0.120 e. The molecule has 0 bridgehead atoms. The topological polar surface area (TPSA) is 24.7 Å². The van der Waals surface area contributed by atoms with Crippen LogP contribution in [0.2, 0.25) is 0 Å². The molecule has 1 heterocycles. The first kappa shape index (κ1) is 7.08. The second-order valence-electron chi connectivity index (χ2n) is 1.20. The van der Waals surface area contributed by atoms with Gasteiger partial charge in [-0.3, -0.25) is 4.99 Å². The van der Waals surface area contributed by atoms with E-state index in [1.54, 1.807) is 6.21 Å². The predicted molar refractivity (Wildman–Crippen MR) is 26.5 cm³/mol. The van der Waals surface area contributed by atoms with Crippen molar-refractivity contribution in [3.8, 4) is 0 Å². The molecule has 0 unspecified atom stereocenters. The van der Waals surface area contributed by atoms with Gasteiger partial charge in [-0.2, -0.15) is 0 Å². The standard InChI is InChI=1S/C4H6N2.Ag/c1-4-5-2-3-6-4;/h2H,3H2,1H3;. The van der Waals surface area contributed by atoms with Crippen LogP contribution >= 0.6 is 0 Å². The summed E-state index contributed by atoms with van der Waals surface area (Å²) in [5.41, 5.74) is 0. The molecule has 0 fully saturated rings. The van der Waals surface area contributed by atoms with Crippen molar-refractivity contribution in [2.24, 2.45) is 9.98 Å². The molecule has 0 atom stereocenters. The van der Waals surface area contributed by atoms with Crippen molar-refractivity contribution in [1.82, 2.24) is 0 Å². The number of hydrogen-bond acceptors (Lipinski definition) is 2. The molecule has 0 aliphatic carbocycles. The van der Waals surface area contributed by atoms with Crippen molar-refractivity contribution in [3.63, 3.8) is 0 Å². The minimum Gasteiger partial charge on any atom is -0.265 e. The van der Waals surface area contributed by atoms with Crippen molar-refractivity contribution in [2.45, 2.75) is 6.92 Å². The van der Waals surface area contributed by atoms with Crippen molar-refractivity contribution < 1.29 is 22.4 Å². The third kappa shape index (κ3) is 2.02. The summed E-state index contributed by atoms with van der Waals surface area (Å²) in [6.07, 6.45) is 1.80. The zero-order valence-electron chi connectivity index (χ0n) is 3.98. The maximum absolute atomic E-state index is 3.93. The van der Waals surface area contributed by atoms with E-state index >= 15 is 0 Å². The summed E-state index contributed by atoms with van der Waals surface area (Å²) in [5, 5.41) is 0. The zero-order valence-corrected chi connectivity index (χ0v) is 5.46. The Morgan fingerprint density at radius 2 is 2.43 bits per heavy atom. The minimum atomic E-state index is 0. The van der Waals surface area contributed by atoms with Crippen LogP contribution in [0, 0.1) is 0 Å². The van der Waals surface area contributed by atoms with Gasteiger partial charge in [-0.15, -0.1) is 0 Å². The Bertz CT molecular complexity index is 104. The van der Waals surface area contributed by atoms with Crippen LogP contribution in [-0.2, 0) is 22.4 Å². The molecule has 0 aromatic heterocycles. The van der Waals surface area contributed by atoms with Crippen molar-refractivity contribution in [3.05, 3.63) is 0 Å². The van der Waals surface area contributed by atoms with Crippen molar-refractivity contribution in [1.29, 1.82) is 0 Å². The van der Waals surface area contributed by atoms with Gasteiger partial charge in [0, 0.05) is 28.6 Å². The third-order valence-corrected chi connectivity index (χ3v) is 0.680. The Morgan fingerprint density at radius 1 is 1.71 bits per heavy atom. The first-order valence-electron chi connectivity index (χ1n) is 1.93. The zero-order chi connectivity index (χ0) is 4.41. The summed E-state index contributed by atoms with van der Waals surface area (Å²) in [5.74, 6) is 0.898. The molecule has 0 saturated heterocycles. The van der Waals surface area contributed by atoms with Gasteiger partial charge in [0.2, 0.25) is 0 Å². The van der Waals surface area contributed by atoms with Crippen LogP contribution in [0.5, 0.6) is 0 Å². The maximum atomic E-state index is 3.93. The second kappa shape index (κ2) is 3.13. The summed E-state index contributed by atoms with van der Waals surface area (Å²) in [6.45, 7) is 2.68. The molecule has 0 aromatic rings. The van der Waals surface area contributed by atoms with Crippen LogP contribution in [0.3, 0.4) is 0 Å². The van der Waals surface area contributed by atoms with Crippen LogP contribution < -0.4 is 0 Å². The van der Waals surface area contributed by atoms with Gasteiger partial charge in [0.15, 0.2) is 0 Å². The Morgan fingerprint density at radius 3 is 2.57 bits per heavy atom. The van der Waals surface area contributed by atoms with Crippen molar-refractivity contribution >= 4 is 12.1 Å². The molecule has 1 radical (unpaired) electrons. The fourth-order valence-corrected chi connectivity index (χ4v) is 0.387. The Kier molecular flexibility index (Phi) is 3.17. The number of aliphatic imine (C=N–C) groups is 2. The van der Waals surface area contributed by atoms with E-state index < -0.39 is 0 Å². The van der Waals surface area contributed by atoms with Gasteiger partial charge in [-0.25, -0.2) is 4.99 Å². The molecular formula is C4H6AgN2. The van der Waals surface area contributed by atoms with E-state index in [0.29, 0.717) is 0 Å². The third-order valence-electron chi connectivity index (χ3n) is 0.680. The maximum Gasteiger partial charge on any atom is 0.120 e. The van der Waals surface area contributed by atoms with E-state index in [9.17, 15) is 0 Å². The van der Waals surface area contributed by atoms with E-state index in [1.165, 1.54) is 0 Å². The van der Waals surface area contributed by atoms with E-state index in [0.717, 1.165) is 12.4 Å². The van der Waals surface area contributed by atoms with E-state index in [2.05, 4.69) is 9.98 Å². The van der Waals surface area contributed by atoms with Gasteiger partial charge in [0.25, 0.3) is 0 Å². The molecule has 1 aliphatic rings. The van der Waals surface area contributed by atoms with Crippen LogP contribution in [0.15, 0.2) is 9.98 Å². The summed E-state index contributed by atoms with van der Waals surface area (Å²) in [7, 11) is 0. The summed E-state index contributed by atoms with van der Waals surface area (Å²) >= 11 is 0. The average Bonchev–Trinajstić information content (AvgIpc) is 1.86. The molecule has 1 rings (SSSR count). The van der Waals surface area contributed by atoms with E-state index in [-0.39, 0.29) is 22.4 Å². The molecule has 0 amide bonds. The largest absolute Gasteiger partial charge is 0.265 e. The summed E-state index contributed by atoms with van der Waals surface area (Å²) < 4.78 is 0. The predicted octanol–water partition coefficient (Wildman–Crippen LogP) is 0.487. The number of hydrogen-bond donors (Lipinski definition) is 0. The van der Waals surface area contributed by atoms with Crippen LogP contribution in [0.4, 0.5) is 0 Å². The fourth-order valence-electron chi connectivity index (χ4n) is 0.387. The number of rotatable bonds is 0. The van der Waals surface area contributed by atoms with E-state index in [1.807, 2.05) is 6.92 Å². The van der Waals surface area contributed by atoms with Gasteiger partial charge in [-0.05, 0) is 6.92 Å². The van der Waals surface area contributed by atoms with Gasteiger partial charge in [0.1, 0.15) is 5.84 Å². The molecule has 1 aliphatic heterocycles. The second-order valence-corrected chi connectivity index (χ2v) is 1.20. The number of amidine groups is 1. The Balaban J connectivity index is 0.000000360. The SMILES string of the molecule is CC1=NCC=N1.[Ag]. The Hall–Kier alpha value is 0.0803.